The molecular formula is C28H22Cl3N3O4S. The van der Waals surface area contributed by atoms with E-state index in [1.54, 1.807) is 60.7 Å². The molecule has 0 heterocycles. The van der Waals surface area contributed by atoms with Crippen LogP contribution in [-0.2, 0) is 21.4 Å². The molecule has 0 atom stereocenters. The smallest absolute Gasteiger partial charge is 0.264 e. The first-order valence-electron chi connectivity index (χ1n) is 11.5. The summed E-state index contributed by atoms with van der Waals surface area (Å²) in [6, 6.07) is 26.7. The number of carbonyl (C=O) groups is 1. The van der Waals surface area contributed by atoms with E-state index in [0.29, 0.717) is 22.9 Å². The first-order valence-corrected chi connectivity index (χ1v) is 14.1. The van der Waals surface area contributed by atoms with E-state index in [1.165, 1.54) is 30.5 Å². The second-order valence-corrected chi connectivity index (χ2v) is 11.3. The van der Waals surface area contributed by atoms with Crippen LogP contribution in [0.1, 0.15) is 11.1 Å². The third-order valence-corrected chi connectivity index (χ3v) is 8.25. The normalized spacial score (nSPS) is 11.4. The fourth-order valence-electron chi connectivity index (χ4n) is 3.45. The molecule has 0 aliphatic heterocycles. The van der Waals surface area contributed by atoms with Crippen molar-refractivity contribution in [1.82, 2.24) is 5.43 Å². The van der Waals surface area contributed by atoms with Crippen LogP contribution in [0.15, 0.2) is 107 Å². The van der Waals surface area contributed by atoms with Crippen LogP contribution in [0.25, 0.3) is 0 Å². The highest BCUT2D eigenvalue weighted by Crippen LogP contribution is 2.35. The van der Waals surface area contributed by atoms with E-state index in [2.05, 4.69) is 10.5 Å². The average Bonchev–Trinajstić information content (AvgIpc) is 2.94. The molecule has 4 aromatic rings. The van der Waals surface area contributed by atoms with Gasteiger partial charge >= 0.3 is 0 Å². The molecule has 7 nitrogen and oxygen atoms in total. The SMILES string of the molecule is O=C(CN(c1cccc(Cl)c1Cl)S(=O)(=O)c1ccccc1)N/N=C\c1ccc(OCc2ccc(Cl)cc2)cc1. The quantitative estimate of drug-likeness (QED) is 0.164. The zero-order valence-corrected chi connectivity index (χ0v) is 23.4. The number of hydrazone groups is 1. The van der Waals surface area contributed by atoms with E-state index in [1.807, 2.05) is 12.1 Å². The highest BCUT2D eigenvalue weighted by molar-refractivity contribution is 7.92. The van der Waals surface area contributed by atoms with Crippen LogP contribution in [0.4, 0.5) is 5.69 Å². The van der Waals surface area contributed by atoms with Crippen LogP contribution >= 0.6 is 34.8 Å². The Morgan fingerprint density at radius 3 is 2.26 bits per heavy atom. The predicted molar refractivity (Wildman–Crippen MR) is 155 cm³/mol. The summed E-state index contributed by atoms with van der Waals surface area (Å²) in [5.41, 5.74) is 4.11. The van der Waals surface area contributed by atoms with Gasteiger partial charge in [0.15, 0.2) is 0 Å². The zero-order valence-electron chi connectivity index (χ0n) is 20.3. The minimum Gasteiger partial charge on any atom is -0.489 e. The van der Waals surface area contributed by atoms with Crippen molar-refractivity contribution in [2.75, 3.05) is 10.8 Å². The summed E-state index contributed by atoms with van der Waals surface area (Å²) in [5, 5.41) is 4.78. The molecule has 0 saturated carbocycles. The monoisotopic (exact) mass is 601 g/mol. The fraction of sp³-hybridized carbons (Fsp3) is 0.0714. The van der Waals surface area contributed by atoms with Gasteiger partial charge in [-0.2, -0.15) is 5.10 Å². The molecule has 0 spiro atoms. The molecule has 0 aromatic heterocycles. The molecule has 11 heteroatoms. The van der Waals surface area contributed by atoms with E-state index in [9.17, 15) is 13.2 Å². The Bertz CT molecular complexity index is 1560. The van der Waals surface area contributed by atoms with Crippen LogP contribution in [0.5, 0.6) is 5.75 Å². The molecule has 4 aromatic carbocycles. The van der Waals surface area contributed by atoms with Crippen molar-refractivity contribution >= 4 is 62.6 Å². The van der Waals surface area contributed by atoms with E-state index in [-0.39, 0.29) is 20.6 Å². The van der Waals surface area contributed by atoms with Gasteiger partial charge in [-0.05, 0) is 71.8 Å². The van der Waals surface area contributed by atoms with Gasteiger partial charge in [-0.15, -0.1) is 0 Å². The Morgan fingerprint density at radius 1 is 0.872 bits per heavy atom. The molecule has 1 N–H and O–H groups in total. The number of nitrogens with one attached hydrogen (secondary N) is 1. The maximum atomic E-state index is 13.4. The molecule has 0 bridgehead atoms. The Morgan fingerprint density at radius 2 is 1.56 bits per heavy atom. The molecule has 39 heavy (non-hydrogen) atoms. The number of hydrogen-bond acceptors (Lipinski definition) is 5. The van der Waals surface area contributed by atoms with Crippen LogP contribution in [0.3, 0.4) is 0 Å². The molecule has 0 aliphatic carbocycles. The minimum atomic E-state index is -4.14. The molecule has 4 rings (SSSR count). The van der Waals surface area contributed by atoms with Crippen molar-refractivity contribution in [3.8, 4) is 5.75 Å². The fourth-order valence-corrected chi connectivity index (χ4v) is 5.47. The van der Waals surface area contributed by atoms with Gasteiger partial charge < -0.3 is 4.74 Å². The van der Waals surface area contributed by atoms with E-state index in [4.69, 9.17) is 39.5 Å². The Kier molecular flexibility index (Phi) is 9.48. The van der Waals surface area contributed by atoms with Crippen LogP contribution in [-0.4, -0.2) is 27.1 Å². The number of carbonyl (C=O) groups excluding carboxylic acids is 1. The zero-order chi connectivity index (χ0) is 27.8. The molecule has 200 valence electrons. The lowest BCUT2D eigenvalue weighted by Crippen LogP contribution is -2.39. The van der Waals surface area contributed by atoms with Crippen molar-refractivity contribution in [3.05, 3.63) is 123 Å². The van der Waals surface area contributed by atoms with Crippen molar-refractivity contribution in [1.29, 1.82) is 0 Å². The summed E-state index contributed by atoms with van der Waals surface area (Å²) in [4.78, 5) is 12.7. The highest BCUT2D eigenvalue weighted by Gasteiger charge is 2.29. The van der Waals surface area contributed by atoms with Gasteiger partial charge in [0.1, 0.15) is 18.9 Å². The molecule has 0 radical (unpaired) electrons. The van der Waals surface area contributed by atoms with Crippen molar-refractivity contribution in [2.24, 2.45) is 5.10 Å². The second kappa shape index (κ2) is 13.0. The van der Waals surface area contributed by atoms with Crippen LogP contribution in [0, 0.1) is 0 Å². The number of rotatable bonds is 10. The molecule has 0 fully saturated rings. The van der Waals surface area contributed by atoms with Gasteiger partial charge in [0.2, 0.25) is 0 Å². The first kappa shape index (κ1) is 28.4. The van der Waals surface area contributed by atoms with Crippen LogP contribution < -0.4 is 14.5 Å². The number of anilines is 1. The van der Waals surface area contributed by atoms with Crippen molar-refractivity contribution in [2.45, 2.75) is 11.5 Å². The molecular weight excluding hydrogens is 581 g/mol. The number of sulfonamides is 1. The number of halogens is 3. The summed E-state index contributed by atoms with van der Waals surface area (Å²) in [7, 11) is -4.14. The lowest BCUT2D eigenvalue weighted by atomic mass is 10.2. The largest absolute Gasteiger partial charge is 0.489 e. The van der Waals surface area contributed by atoms with Crippen molar-refractivity contribution in [3.63, 3.8) is 0 Å². The van der Waals surface area contributed by atoms with Crippen LogP contribution in [0.2, 0.25) is 15.1 Å². The van der Waals surface area contributed by atoms with Gasteiger partial charge in [0.05, 0.1) is 26.8 Å². The number of hydrogen-bond donors (Lipinski definition) is 1. The van der Waals surface area contributed by atoms with E-state index in [0.717, 1.165) is 9.87 Å². The number of amides is 1. The Labute approximate surface area is 241 Å². The molecule has 0 unspecified atom stereocenters. The number of ether oxygens (including phenoxy) is 1. The third-order valence-electron chi connectivity index (χ3n) is 5.42. The average molecular weight is 603 g/mol. The number of benzene rings is 4. The van der Waals surface area contributed by atoms with Gasteiger partial charge in [0.25, 0.3) is 15.9 Å². The van der Waals surface area contributed by atoms with Gasteiger partial charge in [-0.1, -0.05) is 71.2 Å². The minimum absolute atomic E-state index is 0.00397. The standard InChI is InChI=1S/C28H22Cl3N3O4S/c29-22-13-9-21(10-14-22)19-38-23-15-11-20(12-16-23)17-32-33-27(35)18-34(26-8-4-7-25(30)28(26)31)39(36,37)24-5-2-1-3-6-24/h1-17H,18-19H2,(H,33,35)/b32-17-. The lowest BCUT2D eigenvalue weighted by molar-refractivity contribution is -0.119. The maximum Gasteiger partial charge on any atom is 0.264 e. The molecule has 0 aliphatic rings. The van der Waals surface area contributed by atoms with Gasteiger partial charge in [-0.3, -0.25) is 9.10 Å². The van der Waals surface area contributed by atoms with Crippen molar-refractivity contribution < 1.29 is 17.9 Å². The predicted octanol–water partition coefficient (Wildman–Crippen LogP) is 6.57. The summed E-state index contributed by atoms with van der Waals surface area (Å²) in [6.07, 6.45) is 1.43. The van der Waals surface area contributed by atoms with E-state index < -0.39 is 22.5 Å². The molecule has 0 saturated heterocycles. The summed E-state index contributed by atoms with van der Waals surface area (Å²) in [6.45, 7) is -0.189. The van der Waals surface area contributed by atoms with Gasteiger partial charge in [0, 0.05) is 5.02 Å². The summed E-state index contributed by atoms with van der Waals surface area (Å²) in [5.74, 6) is -0.0176. The van der Waals surface area contributed by atoms with Gasteiger partial charge in [-0.25, -0.2) is 13.8 Å². The lowest BCUT2D eigenvalue weighted by Gasteiger charge is -2.24. The Balaban J connectivity index is 1.42. The topological polar surface area (TPSA) is 88.1 Å². The Hall–Kier alpha value is -3.56. The summed E-state index contributed by atoms with van der Waals surface area (Å²) < 4.78 is 33.5. The third kappa shape index (κ3) is 7.52. The van der Waals surface area contributed by atoms with E-state index >= 15 is 0 Å². The number of nitrogens with zero attached hydrogens (tertiary/aromatic N) is 2. The first-order chi connectivity index (χ1) is 18.7. The highest BCUT2D eigenvalue weighted by atomic mass is 35.5. The maximum absolute atomic E-state index is 13.4. The second-order valence-electron chi connectivity index (χ2n) is 8.18. The summed E-state index contributed by atoms with van der Waals surface area (Å²) >= 11 is 18.3. The molecule has 1 amide bonds.